The lowest BCUT2D eigenvalue weighted by atomic mass is 9.81. The molecule has 3 heteroatoms. The third kappa shape index (κ3) is 2.09. The van der Waals surface area contributed by atoms with E-state index in [4.69, 9.17) is 0 Å². The van der Waals surface area contributed by atoms with E-state index < -0.39 is 0 Å². The van der Waals surface area contributed by atoms with Gasteiger partial charge in [0.15, 0.2) is 0 Å². The van der Waals surface area contributed by atoms with Crippen LogP contribution in [-0.4, -0.2) is 14.0 Å². The SMILES string of the molecule is CC(C)C1(Br)CCCC(Br)C1Br. The van der Waals surface area contributed by atoms with Gasteiger partial charge in [0.25, 0.3) is 0 Å². The number of alkyl halides is 3. The van der Waals surface area contributed by atoms with Gasteiger partial charge in [-0.25, -0.2) is 0 Å². The highest BCUT2D eigenvalue weighted by Gasteiger charge is 2.43. The molecule has 1 aliphatic rings. The quantitative estimate of drug-likeness (QED) is 0.603. The Kier molecular flexibility index (Phi) is 4.13. The van der Waals surface area contributed by atoms with Crippen molar-refractivity contribution in [1.82, 2.24) is 0 Å². The maximum Gasteiger partial charge on any atom is 0.0426 e. The molecule has 0 radical (unpaired) electrons. The molecule has 0 N–H and O–H groups in total. The lowest BCUT2D eigenvalue weighted by Crippen LogP contribution is -2.45. The highest BCUT2D eigenvalue weighted by atomic mass is 79.9. The zero-order valence-electron chi connectivity index (χ0n) is 7.49. The highest BCUT2D eigenvalue weighted by molar-refractivity contribution is 9.14. The third-order valence-corrected chi connectivity index (χ3v) is 8.35. The summed E-state index contributed by atoms with van der Waals surface area (Å²) in [5.41, 5.74) is 0. The van der Waals surface area contributed by atoms with Crippen LogP contribution in [0.1, 0.15) is 33.1 Å². The molecule has 72 valence electrons. The molecular weight excluding hydrogens is 348 g/mol. The number of halogens is 3. The Labute approximate surface area is 100 Å². The minimum Gasteiger partial charge on any atom is -0.0878 e. The number of rotatable bonds is 1. The van der Waals surface area contributed by atoms with Crippen molar-refractivity contribution in [3.63, 3.8) is 0 Å². The molecular formula is C9H15Br3. The average Bonchev–Trinajstić information content (AvgIpc) is 2.00. The fraction of sp³-hybridized carbons (Fsp3) is 1.00. The number of hydrogen-bond donors (Lipinski definition) is 0. The lowest BCUT2D eigenvalue weighted by molar-refractivity contribution is 0.349. The molecule has 0 aromatic carbocycles. The van der Waals surface area contributed by atoms with Crippen LogP contribution in [0, 0.1) is 5.92 Å². The Balaban J connectivity index is 2.74. The van der Waals surface area contributed by atoms with E-state index in [1.54, 1.807) is 0 Å². The summed E-state index contributed by atoms with van der Waals surface area (Å²) in [5, 5.41) is 0. The predicted octanol–water partition coefficient (Wildman–Crippen LogP) is 4.49. The molecule has 0 spiro atoms. The molecule has 0 amide bonds. The lowest BCUT2D eigenvalue weighted by Gasteiger charge is -2.42. The Morgan fingerprint density at radius 2 is 1.92 bits per heavy atom. The molecule has 12 heavy (non-hydrogen) atoms. The van der Waals surface area contributed by atoms with Gasteiger partial charge < -0.3 is 0 Å². The van der Waals surface area contributed by atoms with Crippen LogP contribution in [-0.2, 0) is 0 Å². The molecule has 1 rings (SSSR count). The Morgan fingerprint density at radius 1 is 1.33 bits per heavy atom. The van der Waals surface area contributed by atoms with Crippen LogP contribution in [0.3, 0.4) is 0 Å². The van der Waals surface area contributed by atoms with Crippen molar-refractivity contribution in [1.29, 1.82) is 0 Å². The Hall–Kier alpha value is 1.44. The normalized spacial score (nSPS) is 43.5. The zero-order valence-corrected chi connectivity index (χ0v) is 12.2. The fourth-order valence-corrected chi connectivity index (χ4v) is 4.53. The molecule has 1 fully saturated rings. The van der Waals surface area contributed by atoms with Gasteiger partial charge in [-0.1, -0.05) is 68.1 Å². The summed E-state index contributed by atoms with van der Waals surface area (Å²) < 4.78 is 0.291. The van der Waals surface area contributed by atoms with Gasteiger partial charge in [-0.3, -0.25) is 0 Å². The first-order valence-corrected chi connectivity index (χ1v) is 7.08. The molecule has 0 aliphatic heterocycles. The van der Waals surface area contributed by atoms with Crippen molar-refractivity contribution >= 4 is 47.8 Å². The van der Waals surface area contributed by atoms with Crippen LogP contribution in [0.2, 0.25) is 0 Å². The van der Waals surface area contributed by atoms with Crippen molar-refractivity contribution in [2.45, 2.75) is 47.1 Å². The minimum atomic E-state index is 0.291. The largest absolute Gasteiger partial charge is 0.0878 e. The van der Waals surface area contributed by atoms with Crippen LogP contribution >= 0.6 is 47.8 Å². The van der Waals surface area contributed by atoms with Crippen molar-refractivity contribution < 1.29 is 0 Å². The zero-order chi connectivity index (χ0) is 9.35. The highest BCUT2D eigenvalue weighted by Crippen LogP contribution is 2.47. The van der Waals surface area contributed by atoms with Crippen molar-refractivity contribution in [2.24, 2.45) is 5.92 Å². The van der Waals surface area contributed by atoms with Crippen molar-refractivity contribution in [2.75, 3.05) is 0 Å². The van der Waals surface area contributed by atoms with E-state index in [-0.39, 0.29) is 0 Å². The molecule has 3 atom stereocenters. The maximum atomic E-state index is 3.89. The molecule has 0 saturated heterocycles. The van der Waals surface area contributed by atoms with Crippen molar-refractivity contribution in [3.8, 4) is 0 Å². The van der Waals surface area contributed by atoms with Gasteiger partial charge in [-0.05, 0) is 18.8 Å². The van der Waals surface area contributed by atoms with Gasteiger partial charge in [-0.2, -0.15) is 0 Å². The van der Waals surface area contributed by atoms with Crippen LogP contribution in [0.25, 0.3) is 0 Å². The first-order valence-electron chi connectivity index (χ1n) is 4.45. The average molecular weight is 363 g/mol. The van der Waals surface area contributed by atoms with Gasteiger partial charge in [-0.15, -0.1) is 0 Å². The summed E-state index contributed by atoms with van der Waals surface area (Å²) in [6, 6.07) is 0. The summed E-state index contributed by atoms with van der Waals surface area (Å²) >= 11 is 11.4. The van der Waals surface area contributed by atoms with E-state index in [1.165, 1.54) is 19.3 Å². The maximum absolute atomic E-state index is 3.89. The molecule has 0 heterocycles. The van der Waals surface area contributed by atoms with E-state index in [0.29, 0.717) is 19.9 Å². The third-order valence-electron chi connectivity index (χ3n) is 2.78. The summed E-state index contributed by atoms with van der Waals surface area (Å²) in [7, 11) is 0. The monoisotopic (exact) mass is 360 g/mol. The van der Waals surface area contributed by atoms with E-state index in [9.17, 15) is 0 Å². The smallest absolute Gasteiger partial charge is 0.0426 e. The van der Waals surface area contributed by atoms with Gasteiger partial charge >= 0.3 is 0 Å². The van der Waals surface area contributed by atoms with E-state index in [0.717, 1.165) is 0 Å². The standard InChI is InChI=1S/C9H15Br3/c1-6(2)9(12)5-3-4-7(10)8(9)11/h6-8H,3-5H2,1-2H3. The van der Waals surface area contributed by atoms with E-state index in [2.05, 4.69) is 61.6 Å². The first kappa shape index (κ1) is 11.5. The molecule has 0 nitrogen and oxygen atoms in total. The van der Waals surface area contributed by atoms with Gasteiger partial charge in [0, 0.05) is 14.0 Å². The summed E-state index contributed by atoms with van der Waals surface area (Å²) in [6.45, 7) is 4.57. The van der Waals surface area contributed by atoms with Crippen LogP contribution in [0.4, 0.5) is 0 Å². The van der Waals surface area contributed by atoms with Crippen LogP contribution in [0.5, 0.6) is 0 Å². The minimum absolute atomic E-state index is 0.291. The second kappa shape index (κ2) is 4.31. The summed E-state index contributed by atoms with van der Waals surface area (Å²) in [5.74, 6) is 0.683. The van der Waals surface area contributed by atoms with Crippen LogP contribution < -0.4 is 0 Å². The molecule has 0 aromatic rings. The second-order valence-electron chi connectivity index (χ2n) is 3.89. The fourth-order valence-electron chi connectivity index (χ4n) is 1.76. The Morgan fingerprint density at radius 3 is 2.33 bits per heavy atom. The summed E-state index contributed by atoms with van der Waals surface area (Å²) in [6.07, 6.45) is 3.89. The number of hydrogen-bond acceptors (Lipinski definition) is 0. The molecule has 0 aromatic heterocycles. The van der Waals surface area contributed by atoms with Gasteiger partial charge in [0.1, 0.15) is 0 Å². The second-order valence-corrected chi connectivity index (χ2v) is 7.53. The topological polar surface area (TPSA) is 0 Å². The predicted molar refractivity (Wildman–Crippen MR) is 65.8 cm³/mol. The van der Waals surface area contributed by atoms with Crippen molar-refractivity contribution in [3.05, 3.63) is 0 Å². The molecule has 0 bridgehead atoms. The van der Waals surface area contributed by atoms with E-state index >= 15 is 0 Å². The Bertz CT molecular complexity index is 158. The molecule has 3 unspecified atom stereocenters. The first-order chi connectivity index (χ1) is 5.48. The molecule has 1 aliphatic carbocycles. The van der Waals surface area contributed by atoms with Gasteiger partial charge in [0.05, 0.1) is 0 Å². The molecule has 1 saturated carbocycles. The van der Waals surface area contributed by atoms with E-state index in [1.807, 2.05) is 0 Å². The van der Waals surface area contributed by atoms with Gasteiger partial charge in [0.2, 0.25) is 0 Å². The summed E-state index contributed by atoms with van der Waals surface area (Å²) in [4.78, 5) is 1.17. The van der Waals surface area contributed by atoms with Crippen LogP contribution in [0.15, 0.2) is 0 Å².